The van der Waals surface area contributed by atoms with Gasteiger partial charge in [0.15, 0.2) is 0 Å². The van der Waals surface area contributed by atoms with E-state index in [0.29, 0.717) is 17.7 Å². The Labute approximate surface area is 209 Å². The fourth-order valence-corrected chi connectivity index (χ4v) is 3.60. The summed E-state index contributed by atoms with van der Waals surface area (Å²) in [7, 11) is 0. The van der Waals surface area contributed by atoms with E-state index in [2.05, 4.69) is 28.6 Å². The van der Waals surface area contributed by atoms with Gasteiger partial charge >= 0.3 is 5.97 Å². The number of carboxylic acids is 1. The van der Waals surface area contributed by atoms with Crippen LogP contribution in [0.4, 0.5) is 0 Å². The lowest BCUT2D eigenvalue weighted by molar-refractivity contribution is -0.141. The predicted octanol–water partition coefficient (Wildman–Crippen LogP) is 0.140. The van der Waals surface area contributed by atoms with Crippen LogP contribution in [0.5, 0.6) is 5.75 Å². The number of thiol groups is 1. The molecule has 34 heavy (non-hydrogen) atoms. The van der Waals surface area contributed by atoms with Crippen molar-refractivity contribution in [2.75, 3.05) is 17.8 Å². The van der Waals surface area contributed by atoms with Crippen LogP contribution in [0.15, 0.2) is 24.3 Å². The van der Waals surface area contributed by atoms with Crippen LogP contribution in [-0.2, 0) is 25.6 Å². The Balaban J connectivity index is 3.10. The van der Waals surface area contributed by atoms with Gasteiger partial charge < -0.3 is 31.9 Å². The summed E-state index contributed by atoms with van der Waals surface area (Å²) < 4.78 is 0. The average molecular weight is 515 g/mol. The Bertz CT molecular complexity index is 837. The maximum Gasteiger partial charge on any atom is 0.327 e. The molecule has 0 radical (unpaired) electrons. The highest BCUT2D eigenvalue weighted by molar-refractivity contribution is 7.98. The molecule has 12 heteroatoms. The quantitative estimate of drug-likeness (QED) is 0.172. The number of carbonyl (C=O) groups excluding carboxylic acids is 3. The lowest BCUT2D eigenvalue weighted by Crippen LogP contribution is -2.58. The van der Waals surface area contributed by atoms with Gasteiger partial charge in [-0.2, -0.15) is 24.4 Å². The number of nitrogens with two attached hydrogens (primary N) is 1. The number of hydrogen-bond acceptors (Lipinski definition) is 8. The summed E-state index contributed by atoms with van der Waals surface area (Å²) in [4.78, 5) is 49.8. The molecular weight excluding hydrogens is 480 g/mol. The summed E-state index contributed by atoms with van der Waals surface area (Å²) >= 11 is 5.44. The topological polar surface area (TPSA) is 171 Å². The Morgan fingerprint density at radius 2 is 1.50 bits per heavy atom. The number of hydrogen-bond donors (Lipinski definition) is 7. The van der Waals surface area contributed by atoms with E-state index in [0.717, 1.165) is 0 Å². The van der Waals surface area contributed by atoms with Gasteiger partial charge in [-0.1, -0.05) is 26.0 Å². The first kappa shape index (κ1) is 29.6. The minimum absolute atomic E-state index is 0.0332. The fourth-order valence-electron chi connectivity index (χ4n) is 2.88. The molecule has 0 aromatic heterocycles. The molecule has 1 rings (SSSR count). The Hall–Kier alpha value is -2.44. The number of thioether (sulfide) groups is 1. The van der Waals surface area contributed by atoms with Gasteiger partial charge in [-0.05, 0) is 42.0 Å². The van der Waals surface area contributed by atoms with Gasteiger partial charge in [0.05, 0.1) is 6.04 Å². The van der Waals surface area contributed by atoms with Crippen LogP contribution >= 0.6 is 24.4 Å². The summed E-state index contributed by atoms with van der Waals surface area (Å²) in [6, 6.07) is 1.95. The van der Waals surface area contributed by atoms with Gasteiger partial charge in [-0.15, -0.1) is 0 Å². The second-order valence-corrected chi connectivity index (χ2v) is 9.48. The largest absolute Gasteiger partial charge is 0.508 e. The maximum atomic E-state index is 13.1. The first-order valence-electron chi connectivity index (χ1n) is 10.8. The number of amides is 3. The van der Waals surface area contributed by atoms with E-state index in [9.17, 15) is 29.4 Å². The molecule has 0 saturated heterocycles. The highest BCUT2D eigenvalue weighted by Gasteiger charge is 2.30. The smallest absolute Gasteiger partial charge is 0.327 e. The monoisotopic (exact) mass is 514 g/mol. The van der Waals surface area contributed by atoms with Crippen molar-refractivity contribution in [2.24, 2.45) is 11.7 Å². The third-order valence-corrected chi connectivity index (χ3v) is 6.08. The number of carbonyl (C=O) groups is 4. The van der Waals surface area contributed by atoms with E-state index in [-0.39, 0.29) is 23.8 Å². The van der Waals surface area contributed by atoms with Gasteiger partial charge in [0.2, 0.25) is 17.7 Å². The number of rotatable bonds is 14. The second-order valence-electron chi connectivity index (χ2n) is 8.13. The predicted molar refractivity (Wildman–Crippen MR) is 135 cm³/mol. The first-order chi connectivity index (χ1) is 16.0. The molecular formula is C22H34N4O6S2. The van der Waals surface area contributed by atoms with Crippen molar-refractivity contribution in [3.63, 3.8) is 0 Å². The molecule has 190 valence electrons. The lowest BCUT2D eigenvalue weighted by atomic mass is 10.0. The third-order valence-electron chi connectivity index (χ3n) is 5.07. The molecule has 1 aromatic carbocycles. The highest BCUT2D eigenvalue weighted by atomic mass is 32.2. The van der Waals surface area contributed by atoms with Crippen molar-refractivity contribution in [1.29, 1.82) is 0 Å². The normalized spacial score (nSPS) is 14.5. The molecule has 1 aromatic rings. The Morgan fingerprint density at radius 3 is 2.00 bits per heavy atom. The molecule has 0 fully saturated rings. The van der Waals surface area contributed by atoms with Gasteiger partial charge in [-0.3, -0.25) is 14.4 Å². The zero-order valence-electron chi connectivity index (χ0n) is 19.5. The number of phenolic OH excluding ortho intramolecular Hbond substituents is 1. The molecule has 0 aliphatic rings. The minimum atomic E-state index is -1.26. The number of benzene rings is 1. The average Bonchev–Trinajstić information content (AvgIpc) is 2.79. The van der Waals surface area contributed by atoms with Gasteiger partial charge in [0.25, 0.3) is 0 Å². The zero-order chi connectivity index (χ0) is 25.8. The Morgan fingerprint density at radius 1 is 0.971 bits per heavy atom. The summed E-state index contributed by atoms with van der Waals surface area (Å²) in [5, 5.41) is 26.4. The van der Waals surface area contributed by atoms with Crippen molar-refractivity contribution in [3.05, 3.63) is 29.8 Å². The van der Waals surface area contributed by atoms with E-state index in [1.54, 1.807) is 26.0 Å². The number of aliphatic carboxylic acids is 1. The molecule has 4 unspecified atom stereocenters. The lowest BCUT2D eigenvalue weighted by Gasteiger charge is -2.25. The van der Waals surface area contributed by atoms with Crippen molar-refractivity contribution in [2.45, 2.75) is 50.9 Å². The minimum Gasteiger partial charge on any atom is -0.508 e. The molecule has 7 N–H and O–H groups in total. The van der Waals surface area contributed by atoms with E-state index in [4.69, 9.17) is 5.73 Å². The summed E-state index contributed by atoms with van der Waals surface area (Å²) in [5.41, 5.74) is 6.53. The molecule has 0 aliphatic heterocycles. The van der Waals surface area contributed by atoms with E-state index in [1.165, 1.54) is 23.9 Å². The highest BCUT2D eigenvalue weighted by Crippen LogP contribution is 2.12. The van der Waals surface area contributed by atoms with Crippen LogP contribution in [0.2, 0.25) is 0 Å². The second kappa shape index (κ2) is 14.7. The zero-order valence-corrected chi connectivity index (χ0v) is 21.2. The number of phenols is 1. The standard InChI is InChI=1S/C22H34N4O6S2/c1-12(2)18(23)21(30)24-15(8-9-34-3)19(28)25-16(10-13-4-6-14(27)7-5-13)20(29)26-17(11-33)22(31)32/h4-7,12,15-18,27,33H,8-11,23H2,1-3H3,(H,24,30)(H,25,28)(H,26,29)(H,31,32). The van der Waals surface area contributed by atoms with Crippen LogP contribution in [0.1, 0.15) is 25.8 Å². The van der Waals surface area contributed by atoms with Crippen molar-refractivity contribution in [1.82, 2.24) is 16.0 Å². The molecule has 0 aliphatic carbocycles. The van der Waals surface area contributed by atoms with E-state index in [1.807, 2.05) is 6.26 Å². The van der Waals surface area contributed by atoms with Crippen LogP contribution in [-0.4, -0.2) is 75.8 Å². The summed E-state index contributed by atoms with van der Waals surface area (Å²) in [5.74, 6) is -2.69. The SMILES string of the molecule is CSCCC(NC(=O)C(N)C(C)C)C(=O)NC(Cc1ccc(O)cc1)C(=O)NC(CS)C(=O)O. The summed E-state index contributed by atoms with van der Waals surface area (Å²) in [6.45, 7) is 3.58. The molecule has 3 amide bonds. The molecule has 4 atom stereocenters. The number of aromatic hydroxyl groups is 1. The summed E-state index contributed by atoms with van der Waals surface area (Å²) in [6.07, 6.45) is 2.21. The van der Waals surface area contributed by atoms with Crippen LogP contribution in [0.25, 0.3) is 0 Å². The van der Waals surface area contributed by atoms with Crippen LogP contribution in [0.3, 0.4) is 0 Å². The van der Waals surface area contributed by atoms with Crippen molar-refractivity contribution < 1.29 is 29.4 Å². The van der Waals surface area contributed by atoms with Crippen LogP contribution < -0.4 is 21.7 Å². The molecule has 0 heterocycles. The fraction of sp³-hybridized carbons (Fsp3) is 0.545. The van der Waals surface area contributed by atoms with E-state index < -0.39 is 47.9 Å². The number of nitrogens with one attached hydrogen (secondary N) is 3. The Kier molecular flexibility index (Phi) is 12.8. The van der Waals surface area contributed by atoms with Gasteiger partial charge in [0, 0.05) is 12.2 Å². The van der Waals surface area contributed by atoms with Gasteiger partial charge in [0.1, 0.15) is 23.9 Å². The van der Waals surface area contributed by atoms with Crippen molar-refractivity contribution >= 4 is 48.1 Å². The number of carboxylic acid groups (broad SMARTS) is 1. The van der Waals surface area contributed by atoms with Gasteiger partial charge in [-0.25, -0.2) is 4.79 Å². The molecule has 10 nitrogen and oxygen atoms in total. The third kappa shape index (κ3) is 9.82. The van der Waals surface area contributed by atoms with Crippen molar-refractivity contribution in [3.8, 4) is 5.75 Å². The first-order valence-corrected chi connectivity index (χ1v) is 12.8. The van der Waals surface area contributed by atoms with Crippen LogP contribution in [0, 0.1) is 5.92 Å². The maximum absolute atomic E-state index is 13.1. The molecule has 0 bridgehead atoms. The van der Waals surface area contributed by atoms with E-state index >= 15 is 0 Å². The molecule has 0 spiro atoms. The molecule has 0 saturated carbocycles.